The molecule has 0 unspecified atom stereocenters. The fraction of sp³-hybridized carbons (Fsp3) is 0.261. The molecule has 3 aromatic rings. The van der Waals surface area contributed by atoms with Crippen molar-refractivity contribution in [3.05, 3.63) is 71.5 Å². The van der Waals surface area contributed by atoms with Crippen molar-refractivity contribution in [3.63, 3.8) is 0 Å². The second kappa shape index (κ2) is 7.49. The predicted molar refractivity (Wildman–Crippen MR) is 126 cm³/mol. The Morgan fingerprint density at radius 2 is 1.24 bits per heavy atom. The third-order valence-electron chi connectivity index (χ3n) is 4.92. The van der Waals surface area contributed by atoms with Crippen LogP contribution in [0.4, 0.5) is 0 Å². The summed E-state index contributed by atoms with van der Waals surface area (Å²) in [5.41, 5.74) is 2.63. The van der Waals surface area contributed by atoms with E-state index in [2.05, 4.69) is 59.6 Å². The van der Waals surface area contributed by atoms with E-state index in [4.69, 9.17) is 0 Å². The van der Waals surface area contributed by atoms with E-state index in [1.807, 2.05) is 67.8 Å². The van der Waals surface area contributed by atoms with Crippen molar-refractivity contribution in [3.8, 4) is 0 Å². The fourth-order valence-electron chi connectivity index (χ4n) is 3.44. The van der Waals surface area contributed by atoms with Crippen LogP contribution >= 0.6 is 47.0 Å². The lowest BCUT2D eigenvalue weighted by atomic mass is 9.86. The summed E-state index contributed by atoms with van der Waals surface area (Å²) in [6.07, 6.45) is 0. The Balaban J connectivity index is 1.51. The maximum atomic E-state index is 13.3. The molecular weight excluding hydrogens is 435 g/mol. The van der Waals surface area contributed by atoms with E-state index < -0.39 is 5.41 Å². The summed E-state index contributed by atoms with van der Waals surface area (Å²) >= 11 is 7.42. The molecule has 0 spiro atoms. The maximum absolute atomic E-state index is 13.3. The topological polar surface area (TPSA) is 32.9 Å². The zero-order valence-electron chi connectivity index (χ0n) is 16.4. The van der Waals surface area contributed by atoms with Crippen LogP contribution in [0.25, 0.3) is 0 Å². The highest BCUT2D eigenvalue weighted by Crippen LogP contribution is 2.59. The van der Waals surface area contributed by atoms with Gasteiger partial charge in [-0.3, -0.25) is 4.79 Å². The number of aromatic amines is 1. The molecule has 2 aromatic carbocycles. The zero-order chi connectivity index (χ0) is 20.2. The van der Waals surface area contributed by atoms with Crippen molar-refractivity contribution in [2.75, 3.05) is 0 Å². The molecule has 2 aliphatic heterocycles. The summed E-state index contributed by atoms with van der Waals surface area (Å²) in [6, 6.07) is 19.2. The molecule has 0 bridgehead atoms. The van der Waals surface area contributed by atoms with E-state index in [9.17, 15) is 4.79 Å². The average Bonchev–Trinajstić information content (AvgIpc) is 3.40. The summed E-state index contributed by atoms with van der Waals surface area (Å²) < 4.78 is 0.438. The van der Waals surface area contributed by atoms with Gasteiger partial charge >= 0.3 is 0 Å². The fourth-order valence-corrected chi connectivity index (χ4v) is 9.05. The predicted octanol–water partition coefficient (Wildman–Crippen LogP) is 8.04. The number of hydrogen-bond acceptors (Lipinski definition) is 5. The highest BCUT2D eigenvalue weighted by molar-refractivity contribution is 8.19. The molecule has 3 heterocycles. The Hall–Kier alpha value is -1.21. The summed E-state index contributed by atoms with van der Waals surface area (Å²) in [7, 11) is 0. The third-order valence-corrected chi connectivity index (χ3v) is 10.6. The second-order valence-electron chi connectivity index (χ2n) is 8.16. The van der Waals surface area contributed by atoms with Crippen molar-refractivity contribution in [1.82, 2.24) is 4.98 Å². The van der Waals surface area contributed by atoms with E-state index >= 15 is 0 Å². The average molecular weight is 456 g/mol. The number of rotatable bonds is 3. The minimum atomic E-state index is -0.409. The molecule has 0 radical (unpaired) electrons. The molecule has 5 rings (SSSR count). The van der Waals surface area contributed by atoms with Gasteiger partial charge < -0.3 is 4.98 Å². The van der Waals surface area contributed by atoms with E-state index in [1.165, 1.54) is 19.6 Å². The minimum absolute atomic E-state index is 0.182. The van der Waals surface area contributed by atoms with Gasteiger partial charge in [0.05, 0.1) is 10.3 Å². The van der Waals surface area contributed by atoms with Crippen LogP contribution in [0.15, 0.2) is 74.2 Å². The van der Waals surface area contributed by atoms with Gasteiger partial charge in [0.2, 0.25) is 0 Å². The molecule has 0 aliphatic carbocycles. The van der Waals surface area contributed by atoms with Crippen LogP contribution in [-0.4, -0.2) is 10.8 Å². The number of aromatic nitrogens is 1. The number of benzene rings is 2. The molecular formula is C23H21NOS4. The Labute approximate surface area is 188 Å². The summed E-state index contributed by atoms with van der Waals surface area (Å²) in [5, 5.41) is 0. The van der Waals surface area contributed by atoms with E-state index in [0.717, 1.165) is 17.0 Å². The van der Waals surface area contributed by atoms with Crippen molar-refractivity contribution < 1.29 is 4.79 Å². The number of carbonyl (C=O) groups is 1. The number of carbonyl (C=O) groups excluding carboxylic acids is 1. The molecule has 0 atom stereocenters. The van der Waals surface area contributed by atoms with Crippen LogP contribution in [0.3, 0.4) is 0 Å². The van der Waals surface area contributed by atoms with Gasteiger partial charge in [-0.15, -0.1) is 47.0 Å². The van der Waals surface area contributed by atoms with Crippen LogP contribution in [0, 0.1) is 5.41 Å². The summed E-state index contributed by atoms with van der Waals surface area (Å²) in [6.45, 7) is 6.01. The number of ketones is 1. The molecule has 0 saturated heterocycles. The molecule has 6 heteroatoms. The first-order valence-electron chi connectivity index (χ1n) is 9.52. The lowest BCUT2D eigenvalue weighted by molar-refractivity contribution is 0.0857. The Bertz CT molecular complexity index is 1050. The smallest absolute Gasteiger partial charge is 0.170 e. The molecule has 0 amide bonds. The Kier molecular flexibility index (Phi) is 5.09. The molecule has 2 aliphatic rings. The van der Waals surface area contributed by atoms with Crippen molar-refractivity contribution in [2.24, 2.45) is 5.41 Å². The van der Waals surface area contributed by atoms with Crippen LogP contribution < -0.4 is 0 Å². The SMILES string of the molecule is CC(C)(C)C(=O)c1cc(C2Sc3ccccc3S2)[nH]c1C1Sc2ccccc2S1. The second-order valence-corrected chi connectivity index (χ2v) is 13.3. The third kappa shape index (κ3) is 3.69. The zero-order valence-corrected chi connectivity index (χ0v) is 19.7. The molecule has 29 heavy (non-hydrogen) atoms. The van der Waals surface area contributed by atoms with Crippen LogP contribution in [-0.2, 0) is 0 Å². The molecule has 2 nitrogen and oxygen atoms in total. The number of nitrogens with one attached hydrogen (secondary N) is 1. The lowest BCUT2D eigenvalue weighted by Crippen LogP contribution is -2.21. The number of hydrogen-bond donors (Lipinski definition) is 1. The van der Waals surface area contributed by atoms with Crippen LogP contribution in [0.5, 0.6) is 0 Å². The normalized spacial score (nSPS) is 16.8. The highest BCUT2D eigenvalue weighted by atomic mass is 32.2. The van der Waals surface area contributed by atoms with Crippen molar-refractivity contribution in [2.45, 2.75) is 49.5 Å². The minimum Gasteiger partial charge on any atom is -0.358 e. The van der Waals surface area contributed by atoms with Gasteiger partial charge in [0.1, 0.15) is 4.58 Å². The van der Waals surface area contributed by atoms with Gasteiger partial charge in [-0.2, -0.15) is 0 Å². The molecule has 148 valence electrons. The first kappa shape index (κ1) is 19.7. The Morgan fingerprint density at radius 3 is 1.69 bits per heavy atom. The van der Waals surface area contributed by atoms with Gasteiger partial charge in [-0.05, 0) is 30.3 Å². The van der Waals surface area contributed by atoms with Gasteiger partial charge in [0.25, 0.3) is 0 Å². The maximum Gasteiger partial charge on any atom is 0.170 e. The monoisotopic (exact) mass is 455 g/mol. The Morgan fingerprint density at radius 1 is 0.793 bits per heavy atom. The van der Waals surface area contributed by atoms with Gasteiger partial charge in [-0.25, -0.2) is 0 Å². The van der Waals surface area contributed by atoms with E-state index in [1.54, 1.807) is 0 Å². The molecule has 0 saturated carbocycles. The highest BCUT2D eigenvalue weighted by Gasteiger charge is 2.35. The molecule has 1 N–H and O–H groups in total. The van der Waals surface area contributed by atoms with Gasteiger partial charge in [-0.1, -0.05) is 45.0 Å². The van der Waals surface area contributed by atoms with E-state index in [0.29, 0.717) is 0 Å². The quantitative estimate of drug-likeness (QED) is 0.404. The van der Waals surface area contributed by atoms with Crippen molar-refractivity contribution in [1.29, 1.82) is 0 Å². The number of H-pyrrole nitrogens is 1. The summed E-state index contributed by atoms with van der Waals surface area (Å²) in [5.74, 6) is 0.206. The molecule has 1 aromatic heterocycles. The van der Waals surface area contributed by atoms with Crippen LogP contribution in [0.1, 0.15) is 51.7 Å². The number of thioether (sulfide) groups is 4. The standard InChI is InChI=1S/C23H21NOS4/c1-23(2,3)20(25)13-12-14(21-26-15-8-4-5-9-16(15)27-21)24-19(13)22-28-17-10-6-7-11-18(17)29-22/h4-12,21-22,24H,1-3H3. The van der Waals surface area contributed by atoms with Gasteiger partial charge in [0, 0.05) is 36.3 Å². The largest absolute Gasteiger partial charge is 0.358 e. The van der Waals surface area contributed by atoms with Gasteiger partial charge in [0.15, 0.2) is 5.78 Å². The van der Waals surface area contributed by atoms with Crippen LogP contribution in [0.2, 0.25) is 0 Å². The van der Waals surface area contributed by atoms with Crippen molar-refractivity contribution >= 4 is 52.8 Å². The lowest BCUT2D eigenvalue weighted by Gasteiger charge is -2.18. The van der Waals surface area contributed by atoms with E-state index in [-0.39, 0.29) is 14.9 Å². The number of fused-ring (bicyclic) bond motifs is 2. The first-order valence-corrected chi connectivity index (χ1v) is 13.0. The molecule has 0 fully saturated rings. The summed E-state index contributed by atoms with van der Waals surface area (Å²) in [4.78, 5) is 22.2. The first-order chi connectivity index (χ1) is 13.9. The number of Topliss-reactive ketones (excluding diaryl/α,β-unsaturated/α-hetero) is 1.